The summed E-state index contributed by atoms with van der Waals surface area (Å²) < 4.78 is 0. The summed E-state index contributed by atoms with van der Waals surface area (Å²) in [5.74, 6) is -0.934. The minimum absolute atomic E-state index is 0.111. The Morgan fingerprint density at radius 2 is 2.00 bits per heavy atom. The van der Waals surface area contributed by atoms with Crippen molar-refractivity contribution in [3.05, 3.63) is 23.8 Å². The number of aliphatic carboxylic acids is 1. The Labute approximate surface area is 125 Å². The third-order valence-corrected chi connectivity index (χ3v) is 3.90. The van der Waals surface area contributed by atoms with Gasteiger partial charge in [-0.05, 0) is 49.8 Å². The van der Waals surface area contributed by atoms with E-state index in [1.807, 2.05) is 6.92 Å². The maximum absolute atomic E-state index is 11.1. The molecule has 5 N–H and O–H groups in total. The molecule has 0 amide bonds. The van der Waals surface area contributed by atoms with Crippen molar-refractivity contribution in [1.29, 1.82) is 0 Å². The van der Waals surface area contributed by atoms with E-state index in [9.17, 15) is 15.0 Å². The maximum atomic E-state index is 11.1. The van der Waals surface area contributed by atoms with Crippen LogP contribution >= 0.6 is 0 Å². The second-order valence-electron chi connectivity index (χ2n) is 5.92. The van der Waals surface area contributed by atoms with Crippen LogP contribution in [0.3, 0.4) is 0 Å². The Hall–Kier alpha value is -1.75. The molecule has 0 spiro atoms. The number of aryl methyl sites for hydroxylation is 1. The first-order chi connectivity index (χ1) is 9.76. The predicted molar refractivity (Wildman–Crippen MR) is 81.3 cm³/mol. The van der Waals surface area contributed by atoms with E-state index < -0.39 is 11.5 Å². The molecule has 5 nitrogen and oxygen atoms in total. The standard InChI is InChI=1S/C16H25NO4/c1-3-11(10-16(2,17)15(20)21)5-4-6-12-7-8-13(18)14(19)9-12/h7-9,11,18-19H,3-6,10,17H2,1-2H3,(H,20,21). The van der Waals surface area contributed by atoms with Crippen molar-refractivity contribution >= 4 is 5.97 Å². The SMILES string of the molecule is CCC(CCCc1ccc(O)c(O)c1)CC(C)(N)C(=O)O. The Morgan fingerprint density at radius 3 is 2.52 bits per heavy atom. The zero-order valence-corrected chi connectivity index (χ0v) is 12.7. The van der Waals surface area contributed by atoms with Gasteiger partial charge in [-0.2, -0.15) is 0 Å². The molecule has 0 radical (unpaired) electrons. The lowest BCUT2D eigenvalue weighted by atomic mass is 9.85. The van der Waals surface area contributed by atoms with Gasteiger partial charge >= 0.3 is 5.97 Å². The van der Waals surface area contributed by atoms with Gasteiger partial charge in [0.2, 0.25) is 0 Å². The molecule has 1 aromatic rings. The topological polar surface area (TPSA) is 104 Å². The number of hydrogen-bond donors (Lipinski definition) is 4. The lowest BCUT2D eigenvalue weighted by molar-refractivity contribution is -0.143. The molecule has 5 heteroatoms. The summed E-state index contributed by atoms with van der Waals surface area (Å²) in [7, 11) is 0. The van der Waals surface area contributed by atoms with E-state index in [1.54, 1.807) is 19.1 Å². The minimum Gasteiger partial charge on any atom is -0.504 e. The quantitative estimate of drug-likeness (QED) is 0.552. The highest BCUT2D eigenvalue weighted by molar-refractivity contribution is 5.77. The van der Waals surface area contributed by atoms with E-state index in [2.05, 4.69) is 0 Å². The third kappa shape index (κ3) is 5.27. The molecule has 2 atom stereocenters. The van der Waals surface area contributed by atoms with Crippen LogP contribution in [0.25, 0.3) is 0 Å². The zero-order chi connectivity index (χ0) is 16.0. The van der Waals surface area contributed by atoms with E-state index in [1.165, 1.54) is 6.07 Å². The molecular formula is C16H25NO4. The van der Waals surface area contributed by atoms with Crippen LogP contribution in [0, 0.1) is 5.92 Å². The van der Waals surface area contributed by atoms with Gasteiger partial charge in [-0.3, -0.25) is 4.79 Å². The number of carboxylic acids is 1. The van der Waals surface area contributed by atoms with Crippen molar-refractivity contribution < 1.29 is 20.1 Å². The summed E-state index contributed by atoms with van der Waals surface area (Å²) in [4.78, 5) is 11.1. The summed E-state index contributed by atoms with van der Waals surface area (Å²) >= 11 is 0. The van der Waals surface area contributed by atoms with Crippen molar-refractivity contribution in [1.82, 2.24) is 0 Å². The number of hydrogen-bond acceptors (Lipinski definition) is 4. The van der Waals surface area contributed by atoms with Crippen LogP contribution in [0.15, 0.2) is 18.2 Å². The fraction of sp³-hybridized carbons (Fsp3) is 0.562. The number of benzene rings is 1. The van der Waals surface area contributed by atoms with Crippen LogP contribution in [0.1, 0.15) is 45.1 Å². The highest BCUT2D eigenvalue weighted by Crippen LogP contribution is 2.27. The molecule has 2 unspecified atom stereocenters. The molecule has 0 fully saturated rings. The van der Waals surface area contributed by atoms with Crippen LogP contribution in [-0.2, 0) is 11.2 Å². The van der Waals surface area contributed by atoms with Crippen LogP contribution in [0.5, 0.6) is 11.5 Å². The fourth-order valence-electron chi connectivity index (χ4n) is 2.46. The molecule has 0 bridgehead atoms. The Bertz CT molecular complexity index is 485. The summed E-state index contributed by atoms with van der Waals surface area (Å²) in [6.07, 6.45) is 3.90. The molecule has 0 heterocycles. The van der Waals surface area contributed by atoms with Crippen molar-refractivity contribution in [2.24, 2.45) is 11.7 Å². The fourth-order valence-corrected chi connectivity index (χ4v) is 2.46. The van der Waals surface area contributed by atoms with Gasteiger partial charge in [-0.1, -0.05) is 25.8 Å². The average Bonchev–Trinajstić information content (AvgIpc) is 2.41. The van der Waals surface area contributed by atoms with Crippen LogP contribution < -0.4 is 5.73 Å². The zero-order valence-electron chi connectivity index (χ0n) is 12.7. The number of carboxylic acid groups (broad SMARTS) is 1. The van der Waals surface area contributed by atoms with E-state index in [0.717, 1.165) is 31.2 Å². The van der Waals surface area contributed by atoms with E-state index >= 15 is 0 Å². The predicted octanol–water partition coefficient (Wildman–Crippen LogP) is 2.64. The van der Waals surface area contributed by atoms with E-state index in [4.69, 9.17) is 10.8 Å². The van der Waals surface area contributed by atoms with Crippen LogP contribution in [0.4, 0.5) is 0 Å². The monoisotopic (exact) mass is 295 g/mol. The van der Waals surface area contributed by atoms with Crippen LogP contribution in [-0.4, -0.2) is 26.8 Å². The molecule has 1 rings (SSSR count). The molecule has 0 saturated heterocycles. The van der Waals surface area contributed by atoms with Gasteiger partial charge in [0.05, 0.1) is 0 Å². The summed E-state index contributed by atoms with van der Waals surface area (Å²) in [5.41, 5.74) is 5.56. The van der Waals surface area contributed by atoms with Gasteiger partial charge in [0, 0.05) is 0 Å². The molecule has 1 aromatic carbocycles. The molecule has 0 aliphatic heterocycles. The highest BCUT2D eigenvalue weighted by atomic mass is 16.4. The molecule has 0 aromatic heterocycles. The first-order valence-corrected chi connectivity index (χ1v) is 7.29. The van der Waals surface area contributed by atoms with Gasteiger partial charge < -0.3 is 21.1 Å². The summed E-state index contributed by atoms with van der Waals surface area (Å²) in [6.45, 7) is 3.59. The lowest BCUT2D eigenvalue weighted by Crippen LogP contribution is -2.46. The maximum Gasteiger partial charge on any atom is 0.323 e. The van der Waals surface area contributed by atoms with Crippen molar-refractivity contribution in [2.45, 2.75) is 51.5 Å². The normalized spacial score (nSPS) is 15.4. The summed E-state index contributed by atoms with van der Waals surface area (Å²) in [6, 6.07) is 4.81. The van der Waals surface area contributed by atoms with Gasteiger partial charge in [0.15, 0.2) is 11.5 Å². The van der Waals surface area contributed by atoms with Gasteiger partial charge in [0.1, 0.15) is 5.54 Å². The molecule has 0 aliphatic carbocycles. The highest BCUT2D eigenvalue weighted by Gasteiger charge is 2.30. The Balaban J connectivity index is 2.48. The number of phenolic OH excluding ortho intramolecular Hbond substituents is 2. The smallest absolute Gasteiger partial charge is 0.323 e. The first-order valence-electron chi connectivity index (χ1n) is 7.29. The largest absolute Gasteiger partial charge is 0.504 e. The van der Waals surface area contributed by atoms with Crippen LogP contribution in [0.2, 0.25) is 0 Å². The van der Waals surface area contributed by atoms with Gasteiger partial charge in [-0.15, -0.1) is 0 Å². The molecule has 0 saturated carbocycles. The van der Waals surface area contributed by atoms with Crippen molar-refractivity contribution in [2.75, 3.05) is 0 Å². The summed E-state index contributed by atoms with van der Waals surface area (Å²) in [5, 5.41) is 27.8. The molecule has 118 valence electrons. The number of nitrogens with two attached hydrogens (primary N) is 1. The number of rotatable bonds is 8. The van der Waals surface area contributed by atoms with Crippen molar-refractivity contribution in [3.8, 4) is 11.5 Å². The third-order valence-electron chi connectivity index (χ3n) is 3.90. The number of phenols is 2. The molecular weight excluding hydrogens is 270 g/mol. The van der Waals surface area contributed by atoms with Gasteiger partial charge in [-0.25, -0.2) is 0 Å². The van der Waals surface area contributed by atoms with E-state index in [0.29, 0.717) is 6.42 Å². The molecule has 21 heavy (non-hydrogen) atoms. The minimum atomic E-state index is -1.18. The lowest BCUT2D eigenvalue weighted by Gasteiger charge is -2.25. The number of carbonyl (C=O) groups is 1. The average molecular weight is 295 g/mol. The second-order valence-corrected chi connectivity index (χ2v) is 5.92. The van der Waals surface area contributed by atoms with Crippen molar-refractivity contribution in [3.63, 3.8) is 0 Å². The van der Waals surface area contributed by atoms with E-state index in [-0.39, 0.29) is 17.4 Å². The first kappa shape index (κ1) is 17.3. The second kappa shape index (κ2) is 7.31. The van der Waals surface area contributed by atoms with Gasteiger partial charge in [0.25, 0.3) is 0 Å². The Kier molecular flexibility index (Phi) is 6.03. The molecule has 0 aliphatic rings. The number of aromatic hydroxyl groups is 2. The Morgan fingerprint density at radius 1 is 1.33 bits per heavy atom.